The SMILES string of the molecule is CCC[C@@H](NC(=O)N(C)Cc1ccc(F)cc1)C(=O)O. The Bertz CT molecular complexity index is 462. The molecule has 0 aliphatic carbocycles. The van der Waals surface area contributed by atoms with Crippen LogP contribution in [0.15, 0.2) is 24.3 Å². The molecule has 0 bridgehead atoms. The minimum Gasteiger partial charge on any atom is -0.480 e. The number of hydrogen-bond acceptors (Lipinski definition) is 2. The van der Waals surface area contributed by atoms with E-state index in [-0.39, 0.29) is 12.4 Å². The zero-order valence-corrected chi connectivity index (χ0v) is 11.6. The molecule has 0 saturated heterocycles. The van der Waals surface area contributed by atoms with Gasteiger partial charge in [0.2, 0.25) is 0 Å². The van der Waals surface area contributed by atoms with Gasteiger partial charge in [0.15, 0.2) is 0 Å². The lowest BCUT2D eigenvalue weighted by Crippen LogP contribution is -2.46. The fraction of sp³-hybridized carbons (Fsp3) is 0.429. The summed E-state index contributed by atoms with van der Waals surface area (Å²) in [4.78, 5) is 24.2. The highest BCUT2D eigenvalue weighted by Gasteiger charge is 2.20. The van der Waals surface area contributed by atoms with Gasteiger partial charge in [0, 0.05) is 13.6 Å². The second-order valence-corrected chi connectivity index (χ2v) is 4.61. The van der Waals surface area contributed by atoms with Gasteiger partial charge < -0.3 is 15.3 Å². The maximum atomic E-state index is 12.8. The predicted octanol–water partition coefficient (Wildman–Crippen LogP) is 2.22. The fourth-order valence-corrected chi connectivity index (χ4v) is 1.74. The van der Waals surface area contributed by atoms with E-state index in [9.17, 15) is 14.0 Å². The number of halogens is 1. The molecule has 20 heavy (non-hydrogen) atoms. The Morgan fingerprint density at radius 3 is 2.45 bits per heavy atom. The van der Waals surface area contributed by atoms with Crippen LogP contribution < -0.4 is 5.32 Å². The molecule has 1 atom stereocenters. The van der Waals surface area contributed by atoms with Crippen LogP contribution >= 0.6 is 0 Å². The third-order valence-corrected chi connectivity index (χ3v) is 2.85. The number of urea groups is 1. The number of hydrogen-bond donors (Lipinski definition) is 2. The molecule has 0 aliphatic heterocycles. The van der Waals surface area contributed by atoms with Gasteiger partial charge in [-0.15, -0.1) is 0 Å². The molecule has 0 unspecified atom stereocenters. The van der Waals surface area contributed by atoms with Gasteiger partial charge >= 0.3 is 12.0 Å². The number of aliphatic carboxylic acids is 1. The number of carbonyl (C=O) groups is 2. The van der Waals surface area contributed by atoms with Gasteiger partial charge in [-0.2, -0.15) is 0 Å². The zero-order valence-electron chi connectivity index (χ0n) is 11.6. The van der Waals surface area contributed by atoms with Crippen LogP contribution in [0, 0.1) is 5.82 Å². The first kappa shape index (κ1) is 15.9. The van der Waals surface area contributed by atoms with Crippen molar-refractivity contribution >= 4 is 12.0 Å². The minimum atomic E-state index is -1.05. The summed E-state index contributed by atoms with van der Waals surface area (Å²) in [6, 6.07) is 4.45. The van der Waals surface area contributed by atoms with Crippen LogP contribution in [-0.2, 0) is 11.3 Å². The van der Waals surface area contributed by atoms with Crippen molar-refractivity contribution in [1.82, 2.24) is 10.2 Å². The Kier molecular flexibility index (Phi) is 5.96. The molecule has 5 nitrogen and oxygen atoms in total. The molecule has 0 aromatic heterocycles. The van der Waals surface area contributed by atoms with Gasteiger partial charge in [0.1, 0.15) is 11.9 Å². The normalized spacial score (nSPS) is 11.8. The first-order valence-electron chi connectivity index (χ1n) is 6.43. The van der Waals surface area contributed by atoms with Gasteiger partial charge in [-0.05, 0) is 24.1 Å². The highest BCUT2D eigenvalue weighted by molar-refractivity contribution is 5.82. The Labute approximate surface area is 117 Å². The molecule has 0 spiro atoms. The van der Waals surface area contributed by atoms with E-state index in [2.05, 4.69) is 5.32 Å². The smallest absolute Gasteiger partial charge is 0.326 e. The maximum Gasteiger partial charge on any atom is 0.326 e. The van der Waals surface area contributed by atoms with Crippen molar-refractivity contribution in [2.24, 2.45) is 0 Å². The lowest BCUT2D eigenvalue weighted by molar-refractivity contribution is -0.139. The second kappa shape index (κ2) is 7.47. The quantitative estimate of drug-likeness (QED) is 0.840. The van der Waals surface area contributed by atoms with Crippen molar-refractivity contribution in [2.45, 2.75) is 32.4 Å². The van der Waals surface area contributed by atoms with E-state index >= 15 is 0 Å². The number of nitrogens with zero attached hydrogens (tertiary/aromatic N) is 1. The van der Waals surface area contributed by atoms with E-state index in [0.717, 1.165) is 5.56 Å². The molecule has 0 radical (unpaired) electrons. The van der Waals surface area contributed by atoms with Crippen LogP contribution in [0.25, 0.3) is 0 Å². The van der Waals surface area contributed by atoms with Gasteiger partial charge in [-0.3, -0.25) is 0 Å². The van der Waals surface area contributed by atoms with E-state index in [0.29, 0.717) is 12.8 Å². The highest BCUT2D eigenvalue weighted by Crippen LogP contribution is 2.06. The number of nitrogens with one attached hydrogen (secondary N) is 1. The summed E-state index contributed by atoms with van der Waals surface area (Å²) in [5.74, 6) is -1.38. The van der Waals surface area contributed by atoms with E-state index in [1.54, 1.807) is 19.2 Å². The molecule has 1 aromatic rings. The van der Waals surface area contributed by atoms with Gasteiger partial charge in [-0.1, -0.05) is 25.5 Å². The van der Waals surface area contributed by atoms with Gasteiger partial charge in [0.25, 0.3) is 0 Å². The van der Waals surface area contributed by atoms with Crippen molar-refractivity contribution in [3.05, 3.63) is 35.6 Å². The average Bonchev–Trinajstić information content (AvgIpc) is 2.40. The van der Waals surface area contributed by atoms with Crippen LogP contribution in [0.4, 0.5) is 9.18 Å². The highest BCUT2D eigenvalue weighted by atomic mass is 19.1. The molecule has 1 rings (SSSR count). The van der Waals surface area contributed by atoms with Crippen molar-refractivity contribution in [1.29, 1.82) is 0 Å². The van der Waals surface area contributed by atoms with Crippen molar-refractivity contribution in [2.75, 3.05) is 7.05 Å². The Morgan fingerprint density at radius 1 is 1.35 bits per heavy atom. The Balaban J connectivity index is 2.57. The van der Waals surface area contributed by atoms with Crippen molar-refractivity contribution in [3.8, 4) is 0 Å². The third-order valence-electron chi connectivity index (χ3n) is 2.85. The summed E-state index contributed by atoms with van der Waals surface area (Å²) < 4.78 is 12.8. The lowest BCUT2D eigenvalue weighted by atomic mass is 10.2. The summed E-state index contributed by atoms with van der Waals surface area (Å²) in [5, 5.41) is 11.4. The standard InChI is InChI=1S/C14H19FN2O3/c1-3-4-12(13(18)19)16-14(20)17(2)9-10-5-7-11(15)8-6-10/h5-8,12H,3-4,9H2,1-2H3,(H,16,20)(H,18,19)/t12-/m1/s1. The van der Waals surface area contributed by atoms with E-state index in [1.165, 1.54) is 17.0 Å². The summed E-state index contributed by atoms with van der Waals surface area (Å²) >= 11 is 0. The molecule has 0 fully saturated rings. The fourth-order valence-electron chi connectivity index (χ4n) is 1.74. The molecule has 6 heteroatoms. The molecule has 0 heterocycles. The van der Waals surface area contributed by atoms with Gasteiger partial charge in [-0.25, -0.2) is 14.0 Å². The molecule has 0 saturated carbocycles. The van der Waals surface area contributed by atoms with E-state index in [1.807, 2.05) is 6.92 Å². The number of rotatable bonds is 6. The summed E-state index contributed by atoms with van der Waals surface area (Å²) in [6.45, 7) is 2.13. The van der Waals surface area contributed by atoms with Crippen LogP contribution in [0.1, 0.15) is 25.3 Å². The molecule has 0 aliphatic rings. The van der Waals surface area contributed by atoms with E-state index < -0.39 is 18.0 Å². The lowest BCUT2D eigenvalue weighted by Gasteiger charge is -2.21. The number of benzene rings is 1. The summed E-state index contributed by atoms with van der Waals surface area (Å²) in [5.41, 5.74) is 0.770. The molecule has 1 aromatic carbocycles. The molecular weight excluding hydrogens is 263 g/mol. The number of carbonyl (C=O) groups excluding carboxylic acids is 1. The first-order chi connectivity index (χ1) is 9.43. The van der Waals surface area contributed by atoms with Crippen LogP contribution in [0.2, 0.25) is 0 Å². The first-order valence-corrected chi connectivity index (χ1v) is 6.43. The topological polar surface area (TPSA) is 69.6 Å². The number of amides is 2. The summed E-state index contributed by atoms with van der Waals surface area (Å²) in [7, 11) is 1.56. The minimum absolute atomic E-state index is 0.282. The zero-order chi connectivity index (χ0) is 15.1. The van der Waals surface area contributed by atoms with Crippen LogP contribution in [-0.4, -0.2) is 35.1 Å². The summed E-state index contributed by atoms with van der Waals surface area (Å²) in [6.07, 6.45) is 1.05. The average molecular weight is 282 g/mol. The number of carboxylic acid groups (broad SMARTS) is 1. The second-order valence-electron chi connectivity index (χ2n) is 4.61. The van der Waals surface area contributed by atoms with E-state index in [4.69, 9.17) is 5.11 Å². The molecule has 2 amide bonds. The molecule has 110 valence electrons. The number of carboxylic acids is 1. The molecule has 2 N–H and O–H groups in total. The monoisotopic (exact) mass is 282 g/mol. The Morgan fingerprint density at radius 2 is 1.95 bits per heavy atom. The largest absolute Gasteiger partial charge is 0.480 e. The third kappa shape index (κ3) is 4.87. The van der Waals surface area contributed by atoms with Crippen LogP contribution in [0.3, 0.4) is 0 Å². The van der Waals surface area contributed by atoms with Gasteiger partial charge in [0.05, 0.1) is 0 Å². The molecular formula is C14H19FN2O3. The van der Waals surface area contributed by atoms with Crippen LogP contribution in [0.5, 0.6) is 0 Å². The maximum absolute atomic E-state index is 12.8. The Hall–Kier alpha value is -2.11. The predicted molar refractivity (Wildman–Crippen MR) is 72.7 cm³/mol. The van der Waals surface area contributed by atoms with Crippen molar-refractivity contribution in [3.63, 3.8) is 0 Å². The van der Waals surface area contributed by atoms with Crippen molar-refractivity contribution < 1.29 is 19.1 Å².